The zero-order valence-electron chi connectivity index (χ0n) is 16.4. The summed E-state index contributed by atoms with van der Waals surface area (Å²) in [6.45, 7) is -0.260. The molecule has 6 heteroatoms. The molecule has 1 saturated heterocycles. The van der Waals surface area contributed by atoms with Crippen molar-refractivity contribution in [1.82, 2.24) is 9.88 Å². The van der Waals surface area contributed by atoms with Gasteiger partial charge in [-0.15, -0.1) is 0 Å². The molecule has 1 aliphatic heterocycles. The molecule has 152 valence electrons. The molecule has 0 aliphatic carbocycles. The van der Waals surface area contributed by atoms with Gasteiger partial charge in [0, 0.05) is 23.9 Å². The number of aliphatic hydroxyl groups is 1. The summed E-state index contributed by atoms with van der Waals surface area (Å²) in [5.41, 5.74) is 2.22. The second-order valence-corrected chi connectivity index (χ2v) is 7.16. The van der Waals surface area contributed by atoms with Gasteiger partial charge in [-0.25, -0.2) is 4.39 Å². The monoisotopic (exact) mass is 411 g/mol. The Morgan fingerprint density at radius 3 is 2.52 bits per heavy atom. The second kappa shape index (κ2) is 8.79. The fourth-order valence-corrected chi connectivity index (χ4v) is 3.82. The number of benzene rings is 2. The summed E-state index contributed by atoms with van der Waals surface area (Å²) in [5, 5.41) is 19.6. The summed E-state index contributed by atoms with van der Waals surface area (Å²) in [4.78, 5) is 18.2. The highest BCUT2D eigenvalue weighted by molar-refractivity contribution is 5.95. The summed E-state index contributed by atoms with van der Waals surface area (Å²) in [6, 6.07) is 17.8. The zero-order chi connectivity index (χ0) is 21.8. The van der Waals surface area contributed by atoms with E-state index in [1.807, 2.05) is 12.1 Å². The molecule has 0 radical (unpaired) electrons. The van der Waals surface area contributed by atoms with Gasteiger partial charge in [0.05, 0.1) is 29.8 Å². The van der Waals surface area contributed by atoms with Crippen LogP contribution in [0.2, 0.25) is 0 Å². The zero-order valence-corrected chi connectivity index (χ0v) is 16.4. The third kappa shape index (κ3) is 3.90. The van der Waals surface area contributed by atoms with Crippen molar-refractivity contribution in [3.8, 4) is 17.9 Å². The Balaban J connectivity index is 1.55. The van der Waals surface area contributed by atoms with Crippen LogP contribution in [-0.2, 0) is 0 Å². The molecule has 3 aromatic rings. The van der Waals surface area contributed by atoms with Crippen molar-refractivity contribution >= 4 is 5.91 Å². The predicted molar refractivity (Wildman–Crippen MR) is 112 cm³/mol. The summed E-state index contributed by atoms with van der Waals surface area (Å²) in [7, 11) is 0. The number of aliphatic hydroxyl groups excluding tert-OH is 1. The van der Waals surface area contributed by atoms with Gasteiger partial charge in [0.15, 0.2) is 0 Å². The van der Waals surface area contributed by atoms with Gasteiger partial charge in [-0.1, -0.05) is 36.1 Å². The molecular formula is C25H18FN3O2. The maximum atomic E-state index is 13.7. The summed E-state index contributed by atoms with van der Waals surface area (Å²) >= 11 is 0. The van der Waals surface area contributed by atoms with Crippen molar-refractivity contribution in [1.29, 1.82) is 5.26 Å². The Labute approximate surface area is 179 Å². The Morgan fingerprint density at radius 1 is 1.10 bits per heavy atom. The number of carbonyl (C=O) groups is 1. The number of hydrogen-bond donors (Lipinski definition) is 1. The van der Waals surface area contributed by atoms with E-state index in [9.17, 15) is 19.6 Å². The van der Waals surface area contributed by atoms with Crippen LogP contribution >= 0.6 is 0 Å². The number of likely N-dealkylation sites (tertiary alicyclic amines) is 1. The predicted octanol–water partition coefficient (Wildman–Crippen LogP) is 3.11. The number of hydrogen-bond acceptors (Lipinski definition) is 4. The van der Waals surface area contributed by atoms with Crippen LogP contribution in [0.25, 0.3) is 0 Å². The SMILES string of the molecule is N#C[C@@H]1[C@@H](c2ccc(C#Cc3ccccc3F)cc2)[C@@H](CO)N1C(=O)c1cccnc1. The van der Waals surface area contributed by atoms with Crippen molar-refractivity contribution in [3.63, 3.8) is 0 Å². The number of nitrogens with zero attached hydrogens (tertiary/aromatic N) is 3. The van der Waals surface area contributed by atoms with Crippen molar-refractivity contribution in [2.24, 2.45) is 0 Å². The normalized spacial score (nSPS) is 19.5. The number of amides is 1. The molecule has 0 saturated carbocycles. The van der Waals surface area contributed by atoms with Crippen LogP contribution in [0.15, 0.2) is 73.1 Å². The van der Waals surface area contributed by atoms with Gasteiger partial charge in [0.2, 0.25) is 0 Å². The minimum Gasteiger partial charge on any atom is -0.394 e. The van der Waals surface area contributed by atoms with Crippen LogP contribution in [0.5, 0.6) is 0 Å². The molecule has 5 nitrogen and oxygen atoms in total. The summed E-state index contributed by atoms with van der Waals surface area (Å²) in [6.07, 6.45) is 3.01. The maximum absolute atomic E-state index is 13.7. The highest BCUT2D eigenvalue weighted by Gasteiger charge is 2.51. The minimum atomic E-state index is -0.694. The van der Waals surface area contributed by atoms with E-state index in [4.69, 9.17) is 0 Å². The van der Waals surface area contributed by atoms with Crippen LogP contribution in [0.4, 0.5) is 4.39 Å². The molecule has 1 N–H and O–H groups in total. The Hall–Kier alpha value is -4.00. The molecule has 2 heterocycles. The van der Waals surface area contributed by atoms with Gasteiger partial charge >= 0.3 is 0 Å². The van der Waals surface area contributed by atoms with Crippen molar-refractivity contribution in [2.75, 3.05) is 6.61 Å². The van der Waals surface area contributed by atoms with E-state index >= 15 is 0 Å². The Morgan fingerprint density at radius 2 is 1.87 bits per heavy atom. The maximum Gasteiger partial charge on any atom is 0.256 e. The quantitative estimate of drug-likeness (QED) is 0.672. The first kappa shape index (κ1) is 20.3. The van der Waals surface area contributed by atoms with E-state index in [2.05, 4.69) is 22.9 Å². The molecule has 1 fully saturated rings. The Bertz CT molecular complexity index is 1190. The molecule has 4 rings (SSSR count). The molecular weight excluding hydrogens is 393 g/mol. The topological polar surface area (TPSA) is 77.2 Å². The van der Waals surface area contributed by atoms with E-state index < -0.39 is 12.1 Å². The van der Waals surface area contributed by atoms with Crippen LogP contribution in [-0.4, -0.2) is 39.6 Å². The van der Waals surface area contributed by atoms with Crippen molar-refractivity contribution < 1.29 is 14.3 Å². The molecule has 0 bridgehead atoms. The van der Waals surface area contributed by atoms with Crippen molar-refractivity contribution in [3.05, 3.63) is 101 Å². The molecule has 31 heavy (non-hydrogen) atoms. The average molecular weight is 411 g/mol. The van der Waals surface area contributed by atoms with E-state index in [1.54, 1.807) is 48.7 Å². The van der Waals surface area contributed by atoms with Gasteiger partial charge in [-0.3, -0.25) is 9.78 Å². The smallest absolute Gasteiger partial charge is 0.256 e. The molecule has 0 unspecified atom stereocenters. The number of pyridine rings is 1. The van der Waals surface area contributed by atoms with Gasteiger partial charge in [-0.05, 0) is 42.0 Å². The van der Waals surface area contributed by atoms with E-state index in [0.717, 1.165) is 5.56 Å². The fourth-order valence-electron chi connectivity index (χ4n) is 3.82. The van der Waals surface area contributed by atoms with Crippen LogP contribution in [0, 0.1) is 29.0 Å². The molecule has 1 aromatic heterocycles. The summed E-state index contributed by atoms with van der Waals surface area (Å²) < 4.78 is 13.7. The lowest BCUT2D eigenvalue weighted by molar-refractivity contribution is -0.00588. The first-order chi connectivity index (χ1) is 15.1. The third-order valence-corrected chi connectivity index (χ3v) is 5.38. The average Bonchev–Trinajstić information content (AvgIpc) is 2.80. The van der Waals surface area contributed by atoms with E-state index in [1.165, 1.54) is 17.2 Å². The van der Waals surface area contributed by atoms with Gasteiger partial charge < -0.3 is 10.0 Å². The van der Waals surface area contributed by atoms with Crippen LogP contribution in [0.1, 0.15) is 33.0 Å². The first-order valence-electron chi connectivity index (χ1n) is 9.73. The molecule has 1 amide bonds. The fraction of sp³-hybridized carbons (Fsp3) is 0.160. The highest BCUT2D eigenvalue weighted by Crippen LogP contribution is 2.41. The van der Waals surface area contributed by atoms with E-state index in [-0.39, 0.29) is 24.2 Å². The number of halogens is 1. The van der Waals surface area contributed by atoms with Gasteiger partial charge in [0.1, 0.15) is 11.9 Å². The lowest BCUT2D eigenvalue weighted by Crippen LogP contribution is -2.65. The lowest BCUT2D eigenvalue weighted by Gasteiger charge is -2.51. The van der Waals surface area contributed by atoms with Gasteiger partial charge in [-0.2, -0.15) is 5.26 Å². The molecule has 1 aliphatic rings. The van der Waals surface area contributed by atoms with Crippen LogP contribution in [0.3, 0.4) is 0 Å². The van der Waals surface area contributed by atoms with Crippen LogP contribution < -0.4 is 0 Å². The number of nitriles is 1. The van der Waals surface area contributed by atoms with Gasteiger partial charge in [0.25, 0.3) is 5.91 Å². The molecule has 2 aromatic carbocycles. The minimum absolute atomic E-state index is 0.260. The first-order valence-corrected chi connectivity index (χ1v) is 9.73. The number of carbonyl (C=O) groups excluding carboxylic acids is 1. The molecule has 0 spiro atoms. The number of aromatic nitrogens is 1. The largest absolute Gasteiger partial charge is 0.394 e. The lowest BCUT2D eigenvalue weighted by atomic mass is 9.75. The summed E-state index contributed by atoms with van der Waals surface area (Å²) in [5.74, 6) is 4.72. The van der Waals surface area contributed by atoms with Crippen molar-refractivity contribution in [2.45, 2.75) is 18.0 Å². The number of rotatable bonds is 3. The van der Waals surface area contributed by atoms with E-state index in [0.29, 0.717) is 16.7 Å². The molecule has 3 atom stereocenters. The standard InChI is InChI=1S/C25H18FN3O2/c26-21-6-2-1-4-18(21)10-7-17-8-11-19(12-9-17)24-22(14-27)29(23(24)16-30)25(31)20-5-3-13-28-15-20/h1-6,8-9,11-13,15,22-24,30H,16H2/t22-,23-,24-/m1/s1. The third-order valence-electron chi connectivity index (χ3n) is 5.38. The second-order valence-electron chi connectivity index (χ2n) is 7.16. The highest BCUT2D eigenvalue weighted by atomic mass is 19.1. The Kier molecular flexibility index (Phi) is 5.75.